The van der Waals surface area contributed by atoms with Crippen LogP contribution in [-0.4, -0.2) is 25.6 Å². The molecule has 0 bridgehead atoms. The predicted octanol–water partition coefficient (Wildman–Crippen LogP) is 2.94. The summed E-state index contributed by atoms with van der Waals surface area (Å²) in [4.78, 5) is 0. The van der Waals surface area contributed by atoms with Gasteiger partial charge in [-0.3, -0.25) is 4.72 Å². The molecule has 0 fully saturated rings. The van der Waals surface area contributed by atoms with Crippen molar-refractivity contribution in [3.05, 3.63) is 64.7 Å². The quantitative estimate of drug-likeness (QED) is 0.515. The van der Waals surface area contributed by atoms with Crippen molar-refractivity contribution in [1.82, 2.24) is 0 Å². The largest absolute Gasteiger partial charge is 0.410 e. The van der Waals surface area contributed by atoms with Crippen molar-refractivity contribution >= 4 is 33.0 Å². The molecule has 2 aromatic carbocycles. The molecule has 2 rings (SSSR count). The molecule has 7 heteroatoms. The molecular formula is C14H13ClN2O3S. The molecule has 2 N–H and O–H groups in total. The molecule has 0 aromatic heterocycles. The van der Waals surface area contributed by atoms with Gasteiger partial charge in [-0.15, -0.1) is 0 Å². The summed E-state index contributed by atoms with van der Waals surface area (Å²) in [6.45, 7) is 0. The number of halogens is 1. The second kappa shape index (κ2) is 6.15. The molecule has 0 aliphatic heterocycles. The maximum Gasteiger partial charge on any atom is 0.229 e. The first-order valence-electron chi connectivity index (χ1n) is 5.96. The fraction of sp³-hybridized carbons (Fsp3) is 0.0714. The van der Waals surface area contributed by atoms with Crippen LogP contribution in [0, 0.1) is 0 Å². The van der Waals surface area contributed by atoms with Gasteiger partial charge in [-0.2, -0.15) is 0 Å². The monoisotopic (exact) mass is 324 g/mol. The van der Waals surface area contributed by atoms with E-state index in [0.717, 1.165) is 6.26 Å². The second-order valence-corrected chi connectivity index (χ2v) is 6.56. The van der Waals surface area contributed by atoms with E-state index >= 15 is 0 Å². The molecule has 2 aromatic rings. The lowest BCUT2D eigenvalue weighted by Gasteiger charge is -2.12. The lowest BCUT2D eigenvalue weighted by molar-refractivity contribution is 0.319. The highest BCUT2D eigenvalue weighted by atomic mass is 35.5. The molecule has 0 saturated heterocycles. The standard InChI is InChI=1S/C14H13ClN2O3S/c1-21(19,20)17-13-8-7-11(15)9-12(13)14(16-18)10-5-3-2-4-6-10/h2-9,17-18H,1H3/b16-14-. The minimum Gasteiger partial charge on any atom is -0.410 e. The van der Waals surface area contributed by atoms with Crippen molar-refractivity contribution in [2.24, 2.45) is 5.16 Å². The van der Waals surface area contributed by atoms with E-state index in [0.29, 0.717) is 21.8 Å². The second-order valence-electron chi connectivity index (χ2n) is 4.38. The minimum absolute atomic E-state index is 0.226. The normalized spacial score (nSPS) is 12.2. The van der Waals surface area contributed by atoms with Crippen molar-refractivity contribution < 1.29 is 13.6 Å². The van der Waals surface area contributed by atoms with Crippen LogP contribution in [-0.2, 0) is 10.0 Å². The van der Waals surface area contributed by atoms with Crippen molar-refractivity contribution in [1.29, 1.82) is 0 Å². The molecule has 21 heavy (non-hydrogen) atoms. The van der Waals surface area contributed by atoms with Crippen LogP contribution < -0.4 is 4.72 Å². The molecule has 0 amide bonds. The molecule has 0 atom stereocenters. The number of hydrogen-bond acceptors (Lipinski definition) is 4. The van der Waals surface area contributed by atoms with Gasteiger partial charge in [-0.05, 0) is 18.2 Å². The van der Waals surface area contributed by atoms with E-state index in [2.05, 4.69) is 9.88 Å². The molecule has 0 aliphatic rings. The molecule has 0 unspecified atom stereocenters. The average molecular weight is 325 g/mol. The summed E-state index contributed by atoms with van der Waals surface area (Å²) < 4.78 is 25.3. The van der Waals surface area contributed by atoms with E-state index in [-0.39, 0.29) is 5.71 Å². The van der Waals surface area contributed by atoms with Crippen LogP contribution >= 0.6 is 11.6 Å². The third-order valence-electron chi connectivity index (χ3n) is 2.68. The van der Waals surface area contributed by atoms with Gasteiger partial charge in [0.25, 0.3) is 0 Å². The highest BCUT2D eigenvalue weighted by Gasteiger charge is 2.15. The number of oxime groups is 1. The smallest absolute Gasteiger partial charge is 0.229 e. The molecule has 0 radical (unpaired) electrons. The summed E-state index contributed by atoms with van der Waals surface area (Å²) in [7, 11) is -3.47. The van der Waals surface area contributed by atoms with Crippen LogP contribution in [0.1, 0.15) is 11.1 Å². The fourth-order valence-corrected chi connectivity index (χ4v) is 2.61. The zero-order chi connectivity index (χ0) is 15.5. The number of nitrogens with zero attached hydrogens (tertiary/aromatic N) is 1. The van der Waals surface area contributed by atoms with E-state index in [1.54, 1.807) is 30.3 Å². The Hall–Kier alpha value is -2.05. The summed E-state index contributed by atoms with van der Waals surface area (Å²) in [6, 6.07) is 13.5. The zero-order valence-corrected chi connectivity index (χ0v) is 12.7. The first-order chi connectivity index (χ1) is 9.90. The number of rotatable bonds is 4. The molecule has 110 valence electrons. The summed E-state index contributed by atoms with van der Waals surface area (Å²) >= 11 is 5.96. The molecule has 0 heterocycles. The molecule has 0 spiro atoms. The lowest BCUT2D eigenvalue weighted by atomic mass is 10.0. The van der Waals surface area contributed by atoms with Gasteiger partial charge in [0.05, 0.1) is 11.9 Å². The highest BCUT2D eigenvalue weighted by Crippen LogP contribution is 2.25. The van der Waals surface area contributed by atoms with Crippen LogP contribution in [0.4, 0.5) is 5.69 Å². The van der Waals surface area contributed by atoms with E-state index in [4.69, 9.17) is 11.6 Å². The molecule has 5 nitrogen and oxygen atoms in total. The van der Waals surface area contributed by atoms with E-state index in [1.165, 1.54) is 12.1 Å². The SMILES string of the molecule is CS(=O)(=O)Nc1ccc(Cl)cc1/C(=N\O)c1ccccc1. The highest BCUT2D eigenvalue weighted by molar-refractivity contribution is 7.92. The fourth-order valence-electron chi connectivity index (χ4n) is 1.86. The Balaban J connectivity index is 2.58. The number of benzene rings is 2. The third-order valence-corrected chi connectivity index (χ3v) is 3.51. The topological polar surface area (TPSA) is 78.8 Å². The minimum atomic E-state index is -3.47. The van der Waals surface area contributed by atoms with Gasteiger partial charge in [0.15, 0.2) is 0 Å². The van der Waals surface area contributed by atoms with Crippen molar-refractivity contribution in [3.8, 4) is 0 Å². The Labute approximate surface area is 127 Å². The zero-order valence-electron chi connectivity index (χ0n) is 11.1. The van der Waals surface area contributed by atoms with Gasteiger partial charge in [0.1, 0.15) is 5.71 Å². The summed E-state index contributed by atoms with van der Waals surface area (Å²) in [6.07, 6.45) is 1.05. The number of hydrogen-bond donors (Lipinski definition) is 2. The predicted molar refractivity (Wildman–Crippen MR) is 83.8 cm³/mol. The number of sulfonamides is 1. The van der Waals surface area contributed by atoms with Gasteiger partial charge in [0.2, 0.25) is 10.0 Å². The Morgan fingerprint density at radius 2 is 1.86 bits per heavy atom. The van der Waals surface area contributed by atoms with Crippen molar-refractivity contribution in [2.45, 2.75) is 0 Å². The van der Waals surface area contributed by atoms with E-state index in [1.807, 2.05) is 6.07 Å². The molecule has 0 saturated carbocycles. The summed E-state index contributed by atoms with van der Waals surface area (Å²) in [5, 5.41) is 13.0. The maximum atomic E-state index is 11.4. The average Bonchev–Trinajstić information content (AvgIpc) is 2.42. The van der Waals surface area contributed by atoms with Crippen LogP contribution in [0.2, 0.25) is 5.02 Å². The maximum absolute atomic E-state index is 11.4. The Bertz CT molecular complexity index is 774. The summed E-state index contributed by atoms with van der Waals surface area (Å²) in [5.41, 5.74) is 1.54. The van der Waals surface area contributed by atoms with Gasteiger partial charge < -0.3 is 5.21 Å². The van der Waals surface area contributed by atoms with Crippen LogP contribution in [0.25, 0.3) is 0 Å². The Morgan fingerprint density at radius 3 is 2.43 bits per heavy atom. The van der Waals surface area contributed by atoms with E-state index < -0.39 is 10.0 Å². The first kappa shape index (κ1) is 15.3. The van der Waals surface area contributed by atoms with Gasteiger partial charge in [-0.1, -0.05) is 47.1 Å². The Morgan fingerprint density at radius 1 is 1.19 bits per heavy atom. The van der Waals surface area contributed by atoms with Crippen molar-refractivity contribution in [2.75, 3.05) is 11.0 Å². The Kier molecular flexibility index (Phi) is 4.50. The summed E-state index contributed by atoms with van der Waals surface area (Å²) in [5.74, 6) is 0. The third kappa shape index (κ3) is 3.96. The molecular weight excluding hydrogens is 312 g/mol. The lowest BCUT2D eigenvalue weighted by Crippen LogP contribution is -2.14. The number of nitrogens with one attached hydrogen (secondary N) is 1. The van der Waals surface area contributed by atoms with Crippen molar-refractivity contribution in [3.63, 3.8) is 0 Å². The van der Waals surface area contributed by atoms with Gasteiger partial charge in [0, 0.05) is 16.1 Å². The number of anilines is 1. The van der Waals surface area contributed by atoms with Crippen LogP contribution in [0.5, 0.6) is 0 Å². The van der Waals surface area contributed by atoms with E-state index in [9.17, 15) is 13.6 Å². The van der Waals surface area contributed by atoms with Gasteiger partial charge in [-0.25, -0.2) is 8.42 Å². The van der Waals surface area contributed by atoms with Crippen LogP contribution in [0.3, 0.4) is 0 Å². The molecule has 0 aliphatic carbocycles. The van der Waals surface area contributed by atoms with Gasteiger partial charge >= 0.3 is 0 Å². The first-order valence-corrected chi connectivity index (χ1v) is 8.23. The van der Waals surface area contributed by atoms with Crippen LogP contribution in [0.15, 0.2) is 53.7 Å².